The van der Waals surface area contributed by atoms with Gasteiger partial charge < -0.3 is 15.3 Å². The molecule has 0 bridgehead atoms. The van der Waals surface area contributed by atoms with Gasteiger partial charge in [0.25, 0.3) is 0 Å². The standard InChI is InChI=1S/C13H22N2O3/c16-9-7-11(15-8-3-6-12(15)17)13(18)14-10-4-1-2-5-10/h10-11,16H,1-9H2,(H,14,18). The van der Waals surface area contributed by atoms with Gasteiger partial charge in [0.05, 0.1) is 0 Å². The summed E-state index contributed by atoms with van der Waals surface area (Å²) in [4.78, 5) is 25.5. The van der Waals surface area contributed by atoms with Crippen LogP contribution in [0.2, 0.25) is 0 Å². The van der Waals surface area contributed by atoms with E-state index in [1.807, 2.05) is 0 Å². The summed E-state index contributed by atoms with van der Waals surface area (Å²) in [6, 6.07) is -0.220. The second-order valence-corrected chi connectivity index (χ2v) is 5.21. The fourth-order valence-electron chi connectivity index (χ4n) is 2.92. The normalized spacial score (nSPS) is 22.5. The first-order chi connectivity index (χ1) is 8.72. The summed E-state index contributed by atoms with van der Waals surface area (Å²) in [5, 5.41) is 12.1. The molecule has 2 rings (SSSR count). The van der Waals surface area contributed by atoms with Gasteiger partial charge in [0.1, 0.15) is 6.04 Å². The smallest absolute Gasteiger partial charge is 0.243 e. The maximum atomic E-state index is 12.2. The van der Waals surface area contributed by atoms with Gasteiger partial charge in [-0.3, -0.25) is 9.59 Å². The SMILES string of the molecule is O=C(NC1CCCC1)C(CCO)N1CCCC1=O. The third-order valence-corrected chi connectivity index (χ3v) is 3.89. The van der Waals surface area contributed by atoms with Gasteiger partial charge in [-0.05, 0) is 25.7 Å². The van der Waals surface area contributed by atoms with Crippen LogP contribution in [-0.2, 0) is 9.59 Å². The van der Waals surface area contributed by atoms with Crippen LogP contribution >= 0.6 is 0 Å². The lowest BCUT2D eigenvalue weighted by molar-refractivity contribution is -0.138. The van der Waals surface area contributed by atoms with E-state index in [4.69, 9.17) is 5.11 Å². The molecule has 5 nitrogen and oxygen atoms in total. The number of hydrogen-bond donors (Lipinski definition) is 2. The van der Waals surface area contributed by atoms with Crippen molar-refractivity contribution < 1.29 is 14.7 Å². The molecular weight excluding hydrogens is 232 g/mol. The van der Waals surface area contributed by atoms with Crippen molar-refractivity contribution in [1.82, 2.24) is 10.2 Å². The molecule has 102 valence electrons. The summed E-state index contributed by atoms with van der Waals surface area (Å²) >= 11 is 0. The summed E-state index contributed by atoms with van der Waals surface area (Å²) in [5.74, 6) is -0.0544. The highest BCUT2D eigenvalue weighted by atomic mass is 16.3. The van der Waals surface area contributed by atoms with Gasteiger partial charge in [0.15, 0.2) is 0 Å². The third-order valence-electron chi connectivity index (χ3n) is 3.89. The van der Waals surface area contributed by atoms with Gasteiger partial charge in [-0.2, -0.15) is 0 Å². The molecule has 1 aliphatic heterocycles. The molecule has 0 aromatic carbocycles. The summed E-state index contributed by atoms with van der Waals surface area (Å²) in [6.45, 7) is 0.578. The minimum atomic E-state index is -0.481. The molecule has 18 heavy (non-hydrogen) atoms. The Bertz CT molecular complexity index is 313. The molecule has 1 saturated heterocycles. The highest BCUT2D eigenvalue weighted by molar-refractivity contribution is 5.88. The number of aliphatic hydroxyl groups is 1. The number of nitrogens with zero attached hydrogens (tertiary/aromatic N) is 1. The number of rotatable bonds is 5. The number of nitrogens with one attached hydrogen (secondary N) is 1. The van der Waals surface area contributed by atoms with Crippen molar-refractivity contribution in [1.29, 1.82) is 0 Å². The Morgan fingerprint density at radius 3 is 2.67 bits per heavy atom. The average Bonchev–Trinajstić information content (AvgIpc) is 2.98. The molecule has 1 unspecified atom stereocenters. The van der Waals surface area contributed by atoms with Crippen molar-refractivity contribution in [3.8, 4) is 0 Å². The van der Waals surface area contributed by atoms with Crippen molar-refractivity contribution in [2.45, 2.75) is 57.0 Å². The van der Waals surface area contributed by atoms with Crippen LogP contribution in [-0.4, -0.2) is 47.1 Å². The van der Waals surface area contributed by atoms with Crippen LogP contribution < -0.4 is 5.32 Å². The molecule has 0 aromatic rings. The lowest BCUT2D eigenvalue weighted by atomic mass is 10.1. The van der Waals surface area contributed by atoms with E-state index in [-0.39, 0.29) is 24.5 Å². The molecule has 0 radical (unpaired) electrons. The molecule has 2 amide bonds. The lowest BCUT2D eigenvalue weighted by Crippen LogP contribution is -2.50. The highest BCUT2D eigenvalue weighted by Gasteiger charge is 2.33. The monoisotopic (exact) mass is 254 g/mol. The van der Waals surface area contributed by atoms with Crippen LogP contribution in [0, 0.1) is 0 Å². The van der Waals surface area contributed by atoms with Gasteiger partial charge in [0, 0.05) is 25.6 Å². The number of carbonyl (C=O) groups is 2. The van der Waals surface area contributed by atoms with Crippen molar-refractivity contribution in [3.05, 3.63) is 0 Å². The zero-order valence-corrected chi connectivity index (χ0v) is 10.7. The molecule has 5 heteroatoms. The fourth-order valence-corrected chi connectivity index (χ4v) is 2.92. The van der Waals surface area contributed by atoms with Crippen LogP contribution in [0.5, 0.6) is 0 Å². The van der Waals surface area contributed by atoms with E-state index in [1.165, 1.54) is 0 Å². The Hall–Kier alpha value is -1.10. The zero-order valence-electron chi connectivity index (χ0n) is 10.7. The number of aliphatic hydroxyl groups excluding tert-OH is 1. The van der Waals surface area contributed by atoms with E-state index < -0.39 is 6.04 Å². The zero-order chi connectivity index (χ0) is 13.0. The van der Waals surface area contributed by atoms with Gasteiger partial charge in [0.2, 0.25) is 11.8 Å². The topological polar surface area (TPSA) is 69.6 Å². The maximum Gasteiger partial charge on any atom is 0.243 e. The Labute approximate surface area is 108 Å². The van der Waals surface area contributed by atoms with Crippen LogP contribution in [0.4, 0.5) is 0 Å². The summed E-state index contributed by atoms with van der Waals surface area (Å²) in [6.07, 6.45) is 6.08. The van der Waals surface area contributed by atoms with Gasteiger partial charge >= 0.3 is 0 Å². The van der Waals surface area contributed by atoms with Crippen LogP contribution in [0.25, 0.3) is 0 Å². The third kappa shape index (κ3) is 3.02. The van der Waals surface area contributed by atoms with Crippen molar-refractivity contribution in [3.63, 3.8) is 0 Å². The number of carbonyl (C=O) groups excluding carboxylic acids is 2. The molecule has 1 saturated carbocycles. The molecule has 0 aromatic heterocycles. The highest BCUT2D eigenvalue weighted by Crippen LogP contribution is 2.20. The quantitative estimate of drug-likeness (QED) is 0.747. The van der Waals surface area contributed by atoms with Crippen LogP contribution in [0.3, 0.4) is 0 Å². The van der Waals surface area contributed by atoms with E-state index >= 15 is 0 Å². The fraction of sp³-hybridized carbons (Fsp3) is 0.846. The van der Waals surface area contributed by atoms with Gasteiger partial charge in [-0.15, -0.1) is 0 Å². The van der Waals surface area contributed by atoms with Gasteiger partial charge in [-0.25, -0.2) is 0 Å². The minimum Gasteiger partial charge on any atom is -0.396 e. The Morgan fingerprint density at radius 1 is 1.39 bits per heavy atom. The molecule has 2 aliphatic rings. The molecule has 2 N–H and O–H groups in total. The first-order valence-corrected chi connectivity index (χ1v) is 6.93. The predicted molar refractivity (Wildman–Crippen MR) is 66.8 cm³/mol. The Morgan fingerprint density at radius 2 is 2.11 bits per heavy atom. The Kier molecular flexibility index (Phi) is 4.58. The molecular formula is C13H22N2O3. The van der Waals surface area contributed by atoms with Crippen LogP contribution in [0.15, 0.2) is 0 Å². The molecule has 1 heterocycles. The predicted octanol–water partition coefficient (Wildman–Crippen LogP) is 0.419. The van der Waals surface area contributed by atoms with Crippen molar-refractivity contribution >= 4 is 11.8 Å². The second-order valence-electron chi connectivity index (χ2n) is 5.21. The maximum absolute atomic E-state index is 12.2. The second kappa shape index (κ2) is 6.18. The van der Waals surface area contributed by atoms with E-state index in [0.29, 0.717) is 19.4 Å². The number of hydrogen-bond acceptors (Lipinski definition) is 3. The average molecular weight is 254 g/mol. The molecule has 2 fully saturated rings. The van der Waals surface area contributed by atoms with E-state index in [9.17, 15) is 9.59 Å². The van der Waals surface area contributed by atoms with Gasteiger partial charge in [-0.1, -0.05) is 12.8 Å². The lowest BCUT2D eigenvalue weighted by Gasteiger charge is -2.27. The van der Waals surface area contributed by atoms with E-state index in [1.54, 1.807) is 4.90 Å². The molecule has 1 atom stereocenters. The number of amides is 2. The van der Waals surface area contributed by atoms with E-state index in [2.05, 4.69) is 5.32 Å². The minimum absolute atomic E-state index is 0.0371. The molecule has 0 spiro atoms. The largest absolute Gasteiger partial charge is 0.396 e. The van der Waals surface area contributed by atoms with Crippen LogP contribution in [0.1, 0.15) is 44.9 Å². The summed E-state index contributed by atoms with van der Waals surface area (Å²) in [7, 11) is 0. The first-order valence-electron chi connectivity index (χ1n) is 6.93. The Balaban J connectivity index is 1.94. The molecule has 1 aliphatic carbocycles. The number of likely N-dealkylation sites (tertiary alicyclic amines) is 1. The summed E-state index contributed by atoms with van der Waals surface area (Å²) in [5.41, 5.74) is 0. The van der Waals surface area contributed by atoms with Crippen molar-refractivity contribution in [2.24, 2.45) is 0 Å². The van der Waals surface area contributed by atoms with Crippen molar-refractivity contribution in [2.75, 3.05) is 13.2 Å². The van der Waals surface area contributed by atoms with E-state index in [0.717, 1.165) is 32.1 Å². The summed E-state index contributed by atoms with van der Waals surface area (Å²) < 4.78 is 0. The first kappa shape index (κ1) is 13.3.